The van der Waals surface area contributed by atoms with Gasteiger partial charge >= 0.3 is 0 Å². The van der Waals surface area contributed by atoms with Crippen LogP contribution >= 0.6 is 34.7 Å². The van der Waals surface area contributed by atoms with Crippen molar-refractivity contribution in [1.82, 2.24) is 15.0 Å². The van der Waals surface area contributed by atoms with Crippen molar-refractivity contribution in [2.24, 2.45) is 0 Å². The average Bonchev–Trinajstić information content (AvgIpc) is 3.02. The summed E-state index contributed by atoms with van der Waals surface area (Å²) in [5.74, 6) is 0.300. The van der Waals surface area contributed by atoms with Gasteiger partial charge in [-0.05, 0) is 13.0 Å². The fourth-order valence-electron chi connectivity index (χ4n) is 2.06. The number of anilines is 3. The van der Waals surface area contributed by atoms with Gasteiger partial charge in [-0.15, -0.1) is 11.3 Å². The molecule has 3 rings (SSSR count). The highest BCUT2D eigenvalue weighted by molar-refractivity contribution is 8.00. The lowest BCUT2D eigenvalue weighted by molar-refractivity contribution is -0.115. The van der Waals surface area contributed by atoms with Crippen molar-refractivity contribution < 1.29 is 4.79 Å². The van der Waals surface area contributed by atoms with Gasteiger partial charge in [0.1, 0.15) is 11.6 Å². The molecule has 0 fully saturated rings. The van der Waals surface area contributed by atoms with E-state index in [1.807, 2.05) is 23.6 Å². The van der Waals surface area contributed by atoms with E-state index in [0.717, 1.165) is 5.56 Å². The van der Waals surface area contributed by atoms with Gasteiger partial charge in [0, 0.05) is 22.0 Å². The number of nitrogens with two attached hydrogens (primary N) is 2. The standard InChI is InChI=1S/C16H15ClN6OS2/c1-8(26-16-21-12(18)6-13(19)22-16)14(24)23-15-20-11(7-25-15)9-4-2-3-5-10(9)17/h2-8H,1H3,(H,20,23,24)(H4,18,19,21,22). The average molecular weight is 407 g/mol. The maximum Gasteiger partial charge on any atom is 0.239 e. The van der Waals surface area contributed by atoms with Crippen LogP contribution in [0.2, 0.25) is 5.02 Å². The molecular formula is C16H15ClN6OS2. The fourth-order valence-corrected chi connectivity index (χ4v) is 3.80. The van der Waals surface area contributed by atoms with Gasteiger partial charge in [0.2, 0.25) is 5.91 Å². The highest BCUT2D eigenvalue weighted by Gasteiger charge is 2.18. The quantitative estimate of drug-likeness (QED) is 0.437. The molecule has 26 heavy (non-hydrogen) atoms. The van der Waals surface area contributed by atoms with Gasteiger partial charge in [-0.1, -0.05) is 41.6 Å². The molecule has 1 aromatic carbocycles. The first-order valence-corrected chi connectivity index (χ1v) is 9.64. The third-order valence-corrected chi connectivity index (χ3v) is 5.33. The van der Waals surface area contributed by atoms with Crippen molar-refractivity contribution in [3.05, 3.63) is 40.7 Å². The Labute approximate surface area is 163 Å². The molecule has 1 unspecified atom stereocenters. The second-order valence-electron chi connectivity index (χ2n) is 5.27. The molecule has 0 saturated heterocycles. The van der Waals surface area contributed by atoms with Crippen molar-refractivity contribution in [2.45, 2.75) is 17.3 Å². The molecule has 3 aromatic rings. The first kappa shape index (κ1) is 18.4. The first-order chi connectivity index (χ1) is 12.4. The lowest BCUT2D eigenvalue weighted by Crippen LogP contribution is -2.22. The molecule has 1 atom stereocenters. The molecule has 7 nitrogen and oxygen atoms in total. The molecule has 2 heterocycles. The van der Waals surface area contributed by atoms with E-state index in [2.05, 4.69) is 20.3 Å². The summed E-state index contributed by atoms with van der Waals surface area (Å²) in [5, 5.41) is 5.62. The van der Waals surface area contributed by atoms with Gasteiger partial charge < -0.3 is 16.8 Å². The number of nitrogen functional groups attached to an aromatic ring is 2. The number of carbonyl (C=O) groups excluding carboxylic acids is 1. The zero-order valence-electron chi connectivity index (χ0n) is 13.6. The Kier molecular flexibility index (Phi) is 5.60. The van der Waals surface area contributed by atoms with E-state index in [0.29, 0.717) is 21.0 Å². The normalized spacial score (nSPS) is 11.9. The Bertz CT molecular complexity index is 928. The van der Waals surface area contributed by atoms with Crippen molar-refractivity contribution in [2.75, 3.05) is 16.8 Å². The number of rotatable bonds is 5. The number of carbonyl (C=O) groups is 1. The van der Waals surface area contributed by atoms with Crippen molar-refractivity contribution in [3.63, 3.8) is 0 Å². The van der Waals surface area contributed by atoms with Crippen molar-refractivity contribution in [1.29, 1.82) is 0 Å². The largest absolute Gasteiger partial charge is 0.383 e. The van der Waals surface area contributed by atoms with Gasteiger partial charge in [0.25, 0.3) is 0 Å². The van der Waals surface area contributed by atoms with E-state index < -0.39 is 5.25 Å². The number of amides is 1. The number of aromatic nitrogens is 3. The fraction of sp³-hybridized carbons (Fsp3) is 0.125. The van der Waals surface area contributed by atoms with Crippen LogP contribution in [0.3, 0.4) is 0 Å². The summed E-state index contributed by atoms with van der Waals surface area (Å²) in [7, 11) is 0. The van der Waals surface area contributed by atoms with E-state index in [-0.39, 0.29) is 17.5 Å². The number of hydrogen-bond acceptors (Lipinski definition) is 8. The predicted octanol–water partition coefficient (Wildman–Crippen LogP) is 3.54. The van der Waals surface area contributed by atoms with E-state index in [9.17, 15) is 4.79 Å². The summed E-state index contributed by atoms with van der Waals surface area (Å²) in [6.45, 7) is 1.74. The summed E-state index contributed by atoms with van der Waals surface area (Å²) in [4.78, 5) is 24.9. The molecule has 0 aliphatic heterocycles. The Morgan fingerprint density at radius 3 is 2.62 bits per heavy atom. The van der Waals surface area contributed by atoms with Crippen LogP contribution in [0.15, 0.2) is 40.9 Å². The molecule has 0 bridgehead atoms. The van der Waals surface area contributed by atoms with Crippen LogP contribution < -0.4 is 16.8 Å². The minimum atomic E-state index is -0.455. The zero-order chi connectivity index (χ0) is 18.7. The van der Waals surface area contributed by atoms with Crippen LogP contribution in [0.1, 0.15) is 6.92 Å². The number of halogens is 1. The molecule has 0 saturated carbocycles. The number of thiazole rings is 1. The van der Waals surface area contributed by atoms with Crippen LogP contribution in [-0.4, -0.2) is 26.1 Å². The highest BCUT2D eigenvalue weighted by Crippen LogP contribution is 2.30. The van der Waals surface area contributed by atoms with E-state index >= 15 is 0 Å². The lowest BCUT2D eigenvalue weighted by Gasteiger charge is -2.10. The Balaban J connectivity index is 1.67. The van der Waals surface area contributed by atoms with Gasteiger partial charge in [0.05, 0.1) is 10.9 Å². The van der Waals surface area contributed by atoms with Gasteiger partial charge in [-0.25, -0.2) is 15.0 Å². The number of hydrogen-bond donors (Lipinski definition) is 3. The van der Waals surface area contributed by atoms with Gasteiger partial charge in [-0.3, -0.25) is 4.79 Å². The summed E-state index contributed by atoms with van der Waals surface area (Å²) < 4.78 is 0. The second kappa shape index (κ2) is 7.90. The molecule has 1 amide bonds. The van der Waals surface area contributed by atoms with Crippen molar-refractivity contribution in [3.8, 4) is 11.3 Å². The zero-order valence-corrected chi connectivity index (χ0v) is 16.0. The van der Waals surface area contributed by atoms with Crippen molar-refractivity contribution >= 4 is 57.4 Å². The predicted molar refractivity (Wildman–Crippen MR) is 107 cm³/mol. The summed E-state index contributed by atoms with van der Waals surface area (Å²) in [5.41, 5.74) is 12.8. The second-order valence-corrected chi connectivity index (χ2v) is 7.84. The third-order valence-electron chi connectivity index (χ3n) is 3.28. The molecule has 10 heteroatoms. The number of nitrogens with one attached hydrogen (secondary N) is 1. The molecule has 0 spiro atoms. The smallest absolute Gasteiger partial charge is 0.239 e. The lowest BCUT2D eigenvalue weighted by atomic mass is 10.2. The summed E-state index contributed by atoms with van der Waals surface area (Å²) >= 11 is 8.67. The molecule has 0 aliphatic carbocycles. The molecule has 134 valence electrons. The van der Waals surface area contributed by atoms with E-state index in [1.165, 1.54) is 29.2 Å². The molecule has 0 radical (unpaired) electrons. The van der Waals surface area contributed by atoms with Crippen LogP contribution in [0.4, 0.5) is 16.8 Å². The molecular weight excluding hydrogens is 392 g/mol. The monoisotopic (exact) mass is 406 g/mol. The minimum Gasteiger partial charge on any atom is -0.383 e. The third kappa shape index (κ3) is 4.43. The number of thioether (sulfide) groups is 1. The Morgan fingerprint density at radius 2 is 1.92 bits per heavy atom. The van der Waals surface area contributed by atoms with E-state index in [1.54, 1.807) is 13.0 Å². The maximum absolute atomic E-state index is 12.4. The van der Waals surface area contributed by atoms with E-state index in [4.69, 9.17) is 23.1 Å². The topological polar surface area (TPSA) is 120 Å². The number of nitrogens with zero attached hydrogens (tertiary/aromatic N) is 3. The first-order valence-electron chi connectivity index (χ1n) is 7.50. The number of benzene rings is 1. The Hall–Kier alpha value is -2.36. The van der Waals surface area contributed by atoms with Crippen LogP contribution in [-0.2, 0) is 4.79 Å². The molecule has 0 aliphatic rings. The van der Waals surface area contributed by atoms with Gasteiger partial charge in [0.15, 0.2) is 10.3 Å². The Morgan fingerprint density at radius 1 is 1.23 bits per heavy atom. The van der Waals surface area contributed by atoms with Gasteiger partial charge in [-0.2, -0.15) is 0 Å². The van der Waals surface area contributed by atoms with Crippen LogP contribution in [0, 0.1) is 0 Å². The van der Waals surface area contributed by atoms with Crippen LogP contribution in [0.25, 0.3) is 11.3 Å². The minimum absolute atomic E-state index is 0.223. The summed E-state index contributed by atoms with van der Waals surface area (Å²) in [6, 6.07) is 8.87. The molecule has 2 aromatic heterocycles. The van der Waals surface area contributed by atoms with Crippen LogP contribution in [0.5, 0.6) is 0 Å². The summed E-state index contributed by atoms with van der Waals surface area (Å²) in [6.07, 6.45) is 0. The molecule has 5 N–H and O–H groups in total. The SMILES string of the molecule is CC(Sc1nc(N)cc(N)n1)C(=O)Nc1nc(-c2ccccc2Cl)cs1. The maximum atomic E-state index is 12.4. The highest BCUT2D eigenvalue weighted by atomic mass is 35.5.